The van der Waals surface area contributed by atoms with E-state index in [1.807, 2.05) is 41.8 Å². The van der Waals surface area contributed by atoms with Crippen molar-refractivity contribution in [3.8, 4) is 17.2 Å². The molecule has 26 heavy (non-hydrogen) atoms. The summed E-state index contributed by atoms with van der Waals surface area (Å²) in [4.78, 5) is 17.1. The molecule has 0 fully saturated rings. The molecule has 0 aliphatic heterocycles. The van der Waals surface area contributed by atoms with Gasteiger partial charge in [-0.25, -0.2) is 0 Å². The number of hydrogen-bond donors (Lipinski definition) is 0. The van der Waals surface area contributed by atoms with E-state index in [0.717, 1.165) is 16.0 Å². The van der Waals surface area contributed by atoms with Gasteiger partial charge in [0.1, 0.15) is 27.5 Å². The first-order valence-electron chi connectivity index (χ1n) is 8.17. The summed E-state index contributed by atoms with van der Waals surface area (Å²) in [6.45, 7) is 2.53. The summed E-state index contributed by atoms with van der Waals surface area (Å²) < 4.78 is 19.2. The van der Waals surface area contributed by atoms with Crippen molar-refractivity contribution in [2.75, 3.05) is 20.8 Å². The summed E-state index contributed by atoms with van der Waals surface area (Å²) in [6, 6.07) is 12.9. The van der Waals surface area contributed by atoms with Gasteiger partial charge in [-0.3, -0.25) is 4.79 Å². The lowest BCUT2D eigenvalue weighted by Gasteiger charge is -2.08. The van der Waals surface area contributed by atoms with Crippen molar-refractivity contribution in [3.05, 3.63) is 47.3 Å². The van der Waals surface area contributed by atoms with Gasteiger partial charge in [-0.05, 0) is 31.2 Å². The number of carbonyl (C=O) groups is 1. The molecule has 136 valence electrons. The number of aromatic nitrogens is 1. The summed E-state index contributed by atoms with van der Waals surface area (Å²) >= 11 is 1.39. The predicted molar refractivity (Wildman–Crippen MR) is 101 cm³/mol. The molecule has 0 aliphatic rings. The molecule has 0 atom stereocenters. The maximum Gasteiger partial charge on any atom is 0.286 e. The summed E-state index contributed by atoms with van der Waals surface area (Å²) in [6.07, 6.45) is 0. The Balaban J connectivity index is 1.98. The molecule has 3 rings (SSSR count). The van der Waals surface area contributed by atoms with Crippen LogP contribution in [0, 0.1) is 0 Å². The number of para-hydroxylation sites is 1. The highest BCUT2D eigenvalue weighted by Gasteiger charge is 2.15. The standard InChI is InChI=1S/C19H20N2O4S/c1-4-21-17-14(23-2)10-11-15(24-3)18(17)26-19(21)20-16(22)12-25-13-8-6-5-7-9-13/h5-11H,4,12H2,1-3H3. The van der Waals surface area contributed by atoms with Gasteiger partial charge in [-0.15, -0.1) is 0 Å². The molecule has 0 spiro atoms. The average molecular weight is 372 g/mol. The molecular formula is C19H20N2O4S. The van der Waals surface area contributed by atoms with Gasteiger partial charge in [0, 0.05) is 6.54 Å². The van der Waals surface area contributed by atoms with Crippen LogP contribution in [0.25, 0.3) is 10.2 Å². The maximum atomic E-state index is 12.3. The van der Waals surface area contributed by atoms with E-state index in [4.69, 9.17) is 14.2 Å². The second-order valence-corrected chi connectivity index (χ2v) is 6.36. The largest absolute Gasteiger partial charge is 0.495 e. The topological polar surface area (TPSA) is 62.1 Å². The first-order valence-corrected chi connectivity index (χ1v) is 8.99. The Morgan fingerprint density at radius 1 is 1.08 bits per heavy atom. The van der Waals surface area contributed by atoms with E-state index in [2.05, 4.69) is 4.99 Å². The van der Waals surface area contributed by atoms with Gasteiger partial charge < -0.3 is 18.8 Å². The Labute approximate surface area is 155 Å². The number of nitrogens with zero attached hydrogens (tertiary/aromatic N) is 2. The molecule has 0 bridgehead atoms. The smallest absolute Gasteiger partial charge is 0.286 e. The van der Waals surface area contributed by atoms with Gasteiger partial charge in [0.05, 0.1) is 14.2 Å². The number of ether oxygens (including phenoxy) is 3. The number of amides is 1. The van der Waals surface area contributed by atoms with Gasteiger partial charge in [-0.2, -0.15) is 4.99 Å². The zero-order valence-electron chi connectivity index (χ0n) is 14.9. The number of methoxy groups -OCH3 is 2. The van der Waals surface area contributed by atoms with Crippen LogP contribution >= 0.6 is 11.3 Å². The molecule has 0 radical (unpaired) electrons. The normalized spacial score (nSPS) is 11.6. The van der Waals surface area contributed by atoms with Crippen LogP contribution in [0.3, 0.4) is 0 Å². The molecule has 1 amide bonds. The third kappa shape index (κ3) is 3.57. The van der Waals surface area contributed by atoms with E-state index in [1.54, 1.807) is 26.4 Å². The van der Waals surface area contributed by atoms with E-state index < -0.39 is 0 Å². The molecule has 0 unspecified atom stereocenters. The van der Waals surface area contributed by atoms with Crippen molar-refractivity contribution in [2.24, 2.45) is 4.99 Å². The number of rotatable bonds is 6. The van der Waals surface area contributed by atoms with Crippen LogP contribution in [0.15, 0.2) is 47.5 Å². The summed E-state index contributed by atoms with van der Waals surface area (Å²) in [5.41, 5.74) is 0.870. The Hall–Kier alpha value is -2.80. The first-order chi connectivity index (χ1) is 12.7. The molecule has 1 heterocycles. The summed E-state index contributed by atoms with van der Waals surface area (Å²) in [5.74, 6) is 1.73. The number of hydrogen-bond acceptors (Lipinski definition) is 5. The highest BCUT2D eigenvalue weighted by Crippen LogP contribution is 2.35. The number of benzene rings is 2. The van der Waals surface area contributed by atoms with E-state index in [9.17, 15) is 4.79 Å². The Morgan fingerprint density at radius 3 is 2.42 bits per heavy atom. The van der Waals surface area contributed by atoms with Crippen molar-refractivity contribution in [2.45, 2.75) is 13.5 Å². The van der Waals surface area contributed by atoms with Crippen LogP contribution in [0.5, 0.6) is 17.2 Å². The monoisotopic (exact) mass is 372 g/mol. The highest BCUT2D eigenvalue weighted by molar-refractivity contribution is 7.16. The third-order valence-electron chi connectivity index (χ3n) is 3.83. The van der Waals surface area contributed by atoms with Crippen LogP contribution in [-0.2, 0) is 11.3 Å². The van der Waals surface area contributed by atoms with Crippen LogP contribution in [-0.4, -0.2) is 31.3 Å². The molecule has 6 nitrogen and oxygen atoms in total. The Bertz CT molecular complexity index is 976. The third-order valence-corrected chi connectivity index (χ3v) is 4.93. The van der Waals surface area contributed by atoms with Gasteiger partial charge in [0.15, 0.2) is 11.4 Å². The Morgan fingerprint density at radius 2 is 1.77 bits per heavy atom. The van der Waals surface area contributed by atoms with Crippen molar-refractivity contribution < 1.29 is 19.0 Å². The summed E-state index contributed by atoms with van der Waals surface area (Å²) in [5, 5.41) is 0. The van der Waals surface area contributed by atoms with Crippen molar-refractivity contribution in [3.63, 3.8) is 0 Å². The molecular weight excluding hydrogens is 352 g/mol. The minimum atomic E-state index is -0.347. The lowest BCUT2D eigenvalue weighted by Crippen LogP contribution is -2.19. The fourth-order valence-corrected chi connectivity index (χ4v) is 3.85. The number of carbonyl (C=O) groups excluding carboxylic acids is 1. The highest BCUT2D eigenvalue weighted by atomic mass is 32.1. The Kier molecular flexibility index (Phi) is 5.58. The van der Waals surface area contributed by atoms with Gasteiger partial charge in [0.25, 0.3) is 5.91 Å². The molecule has 3 aromatic rings. The molecule has 0 saturated carbocycles. The molecule has 1 aromatic heterocycles. The van der Waals surface area contributed by atoms with Crippen LogP contribution in [0.1, 0.15) is 6.92 Å². The van der Waals surface area contributed by atoms with Gasteiger partial charge in [-0.1, -0.05) is 29.5 Å². The minimum Gasteiger partial charge on any atom is -0.495 e. The number of aryl methyl sites for hydroxylation is 1. The first kappa shape index (κ1) is 18.0. The quantitative estimate of drug-likeness (QED) is 0.666. The molecule has 0 N–H and O–H groups in total. The zero-order valence-corrected chi connectivity index (χ0v) is 15.7. The number of thiazole rings is 1. The summed E-state index contributed by atoms with van der Waals surface area (Å²) in [7, 11) is 3.24. The minimum absolute atomic E-state index is 0.115. The fourth-order valence-electron chi connectivity index (χ4n) is 2.63. The van der Waals surface area contributed by atoms with Crippen molar-refractivity contribution in [1.82, 2.24) is 4.57 Å². The molecule has 0 aliphatic carbocycles. The fraction of sp³-hybridized carbons (Fsp3) is 0.263. The van der Waals surface area contributed by atoms with Crippen LogP contribution in [0.4, 0.5) is 0 Å². The molecule has 7 heteroatoms. The lowest BCUT2D eigenvalue weighted by molar-refractivity contribution is -0.120. The zero-order chi connectivity index (χ0) is 18.5. The maximum absolute atomic E-state index is 12.3. The second kappa shape index (κ2) is 8.05. The SMILES string of the molecule is CCn1c(=NC(=O)COc2ccccc2)sc2c(OC)ccc(OC)c21. The van der Waals surface area contributed by atoms with Crippen molar-refractivity contribution >= 4 is 27.5 Å². The molecule has 2 aromatic carbocycles. The lowest BCUT2D eigenvalue weighted by atomic mass is 10.3. The van der Waals surface area contributed by atoms with Crippen LogP contribution < -0.4 is 19.0 Å². The van der Waals surface area contributed by atoms with E-state index in [-0.39, 0.29) is 12.5 Å². The van der Waals surface area contributed by atoms with Gasteiger partial charge >= 0.3 is 0 Å². The van der Waals surface area contributed by atoms with E-state index >= 15 is 0 Å². The molecule has 0 saturated heterocycles. The van der Waals surface area contributed by atoms with E-state index in [1.165, 1.54) is 11.3 Å². The van der Waals surface area contributed by atoms with E-state index in [0.29, 0.717) is 22.8 Å². The second-order valence-electron chi connectivity index (χ2n) is 5.38. The average Bonchev–Trinajstić information content (AvgIpc) is 3.04. The van der Waals surface area contributed by atoms with Crippen LogP contribution in [0.2, 0.25) is 0 Å². The number of fused-ring (bicyclic) bond motifs is 1. The van der Waals surface area contributed by atoms with Gasteiger partial charge in [0.2, 0.25) is 0 Å². The predicted octanol–water partition coefficient (Wildman–Crippen LogP) is 3.25. The van der Waals surface area contributed by atoms with Crippen molar-refractivity contribution in [1.29, 1.82) is 0 Å².